The van der Waals surface area contributed by atoms with Crippen LogP contribution in [0.4, 0.5) is 4.39 Å². The lowest BCUT2D eigenvalue weighted by Gasteiger charge is -2.18. The highest BCUT2D eigenvalue weighted by Gasteiger charge is 2.27. The molecule has 1 aromatic rings. The fourth-order valence-corrected chi connectivity index (χ4v) is 2.51. The molecule has 1 heterocycles. The molecule has 1 nitrogen and oxygen atoms in total. The summed E-state index contributed by atoms with van der Waals surface area (Å²) < 4.78 is 12.8. The number of hydrogen-bond donors (Lipinski definition) is 1. The van der Waals surface area contributed by atoms with Crippen molar-refractivity contribution in [3.8, 4) is 0 Å². The summed E-state index contributed by atoms with van der Waals surface area (Å²) in [4.78, 5) is 0. The molecule has 1 fully saturated rings. The summed E-state index contributed by atoms with van der Waals surface area (Å²) in [7, 11) is 0. The van der Waals surface area contributed by atoms with Gasteiger partial charge in [0, 0.05) is 12.5 Å². The van der Waals surface area contributed by atoms with Gasteiger partial charge in [0.25, 0.3) is 0 Å². The van der Waals surface area contributed by atoms with Gasteiger partial charge in [-0.2, -0.15) is 0 Å². The first-order valence-corrected chi connectivity index (χ1v) is 5.77. The smallest absolute Gasteiger partial charge is 0.123 e. The number of nitrogens with one attached hydrogen (secondary N) is 1. The predicted octanol–water partition coefficient (Wildman–Crippen LogP) is 2.93. The van der Waals surface area contributed by atoms with Gasteiger partial charge >= 0.3 is 0 Å². The Morgan fingerprint density at radius 2 is 2.00 bits per heavy atom. The maximum Gasteiger partial charge on any atom is 0.123 e. The van der Waals surface area contributed by atoms with Crippen molar-refractivity contribution in [3.05, 3.63) is 35.6 Å². The first kappa shape index (κ1) is 10.6. The molecule has 0 radical (unpaired) electrons. The van der Waals surface area contributed by atoms with Gasteiger partial charge in [0.2, 0.25) is 0 Å². The third kappa shape index (κ3) is 2.37. The van der Waals surface area contributed by atoms with Crippen LogP contribution in [-0.2, 0) is 0 Å². The van der Waals surface area contributed by atoms with Crippen molar-refractivity contribution >= 4 is 0 Å². The Morgan fingerprint density at radius 3 is 2.67 bits per heavy atom. The van der Waals surface area contributed by atoms with Gasteiger partial charge in [0.05, 0.1) is 0 Å². The van der Waals surface area contributed by atoms with Crippen LogP contribution >= 0.6 is 0 Å². The zero-order valence-corrected chi connectivity index (χ0v) is 9.17. The number of benzene rings is 1. The van der Waals surface area contributed by atoms with Gasteiger partial charge in [0.1, 0.15) is 5.82 Å². The standard InChI is InChI=1S/C13H18FN/c1-2-3-11-8-15-9-13(11)10-4-6-12(14)7-5-10/h4-7,11,13,15H,2-3,8-9H2,1H3. The van der Waals surface area contributed by atoms with Crippen molar-refractivity contribution in [1.29, 1.82) is 0 Å². The molecule has 2 atom stereocenters. The molecule has 1 aromatic carbocycles. The largest absolute Gasteiger partial charge is 0.316 e. The Hall–Kier alpha value is -0.890. The molecule has 0 aliphatic carbocycles. The topological polar surface area (TPSA) is 12.0 Å². The van der Waals surface area contributed by atoms with Crippen LogP contribution in [0, 0.1) is 11.7 Å². The zero-order valence-electron chi connectivity index (χ0n) is 9.17. The summed E-state index contributed by atoms with van der Waals surface area (Å²) in [5.74, 6) is 1.16. The summed E-state index contributed by atoms with van der Waals surface area (Å²) in [5, 5.41) is 3.43. The summed E-state index contributed by atoms with van der Waals surface area (Å²) in [6.07, 6.45) is 2.49. The van der Waals surface area contributed by atoms with Crippen LogP contribution < -0.4 is 5.32 Å². The highest BCUT2D eigenvalue weighted by molar-refractivity contribution is 5.23. The molecule has 2 heteroatoms. The molecular formula is C13H18FN. The maximum absolute atomic E-state index is 12.8. The second-order valence-corrected chi connectivity index (χ2v) is 4.37. The van der Waals surface area contributed by atoms with Gasteiger partial charge in [-0.1, -0.05) is 25.5 Å². The SMILES string of the molecule is CCCC1CNCC1c1ccc(F)cc1. The molecule has 2 rings (SSSR count). The minimum atomic E-state index is -0.142. The first-order valence-electron chi connectivity index (χ1n) is 5.77. The van der Waals surface area contributed by atoms with E-state index in [1.807, 2.05) is 12.1 Å². The Labute approximate surface area is 90.7 Å². The lowest BCUT2D eigenvalue weighted by Crippen LogP contribution is -2.10. The monoisotopic (exact) mass is 207 g/mol. The molecule has 0 bridgehead atoms. The first-order chi connectivity index (χ1) is 7.31. The van der Waals surface area contributed by atoms with E-state index in [0.29, 0.717) is 5.92 Å². The summed E-state index contributed by atoms with van der Waals surface area (Å²) >= 11 is 0. The molecule has 82 valence electrons. The average Bonchev–Trinajstić information content (AvgIpc) is 2.68. The van der Waals surface area contributed by atoms with Crippen molar-refractivity contribution in [2.75, 3.05) is 13.1 Å². The number of rotatable bonds is 3. The number of hydrogen-bond acceptors (Lipinski definition) is 1. The third-order valence-electron chi connectivity index (χ3n) is 3.30. The van der Waals surface area contributed by atoms with E-state index in [9.17, 15) is 4.39 Å². The van der Waals surface area contributed by atoms with Gasteiger partial charge in [0.15, 0.2) is 0 Å². The minimum Gasteiger partial charge on any atom is -0.316 e. The highest BCUT2D eigenvalue weighted by atomic mass is 19.1. The normalized spacial score (nSPS) is 25.7. The second-order valence-electron chi connectivity index (χ2n) is 4.37. The Kier molecular flexibility index (Phi) is 3.37. The maximum atomic E-state index is 12.8. The Morgan fingerprint density at radius 1 is 1.27 bits per heavy atom. The van der Waals surface area contributed by atoms with E-state index in [4.69, 9.17) is 0 Å². The molecule has 0 spiro atoms. The van der Waals surface area contributed by atoms with Crippen LogP contribution in [0.25, 0.3) is 0 Å². The predicted molar refractivity (Wildman–Crippen MR) is 60.4 cm³/mol. The fourth-order valence-electron chi connectivity index (χ4n) is 2.51. The van der Waals surface area contributed by atoms with Crippen molar-refractivity contribution in [2.45, 2.75) is 25.7 Å². The zero-order chi connectivity index (χ0) is 10.7. The lowest BCUT2D eigenvalue weighted by molar-refractivity contribution is 0.473. The summed E-state index contributed by atoms with van der Waals surface area (Å²) in [6, 6.07) is 6.98. The van der Waals surface area contributed by atoms with Crippen molar-refractivity contribution < 1.29 is 4.39 Å². The average molecular weight is 207 g/mol. The van der Waals surface area contributed by atoms with Gasteiger partial charge in [-0.25, -0.2) is 4.39 Å². The van der Waals surface area contributed by atoms with Crippen LogP contribution in [0.3, 0.4) is 0 Å². The lowest BCUT2D eigenvalue weighted by atomic mass is 9.86. The van der Waals surface area contributed by atoms with E-state index in [1.54, 1.807) is 12.1 Å². The van der Waals surface area contributed by atoms with E-state index in [1.165, 1.54) is 18.4 Å². The minimum absolute atomic E-state index is 0.142. The molecule has 0 aromatic heterocycles. The molecule has 1 N–H and O–H groups in total. The Bertz CT molecular complexity index is 307. The van der Waals surface area contributed by atoms with E-state index < -0.39 is 0 Å². The Balaban J connectivity index is 2.11. The molecule has 0 saturated carbocycles. The van der Waals surface area contributed by atoms with Crippen LogP contribution in [0.15, 0.2) is 24.3 Å². The van der Waals surface area contributed by atoms with E-state index >= 15 is 0 Å². The molecule has 1 aliphatic heterocycles. The van der Waals surface area contributed by atoms with Gasteiger partial charge in [-0.05, 0) is 36.6 Å². The van der Waals surface area contributed by atoms with Gasteiger partial charge in [-0.3, -0.25) is 0 Å². The van der Waals surface area contributed by atoms with Crippen LogP contribution in [0.5, 0.6) is 0 Å². The van der Waals surface area contributed by atoms with Crippen molar-refractivity contribution in [2.24, 2.45) is 5.92 Å². The molecule has 15 heavy (non-hydrogen) atoms. The summed E-state index contributed by atoms with van der Waals surface area (Å²) in [6.45, 7) is 4.37. The van der Waals surface area contributed by atoms with Crippen molar-refractivity contribution in [3.63, 3.8) is 0 Å². The molecule has 1 aliphatic rings. The van der Waals surface area contributed by atoms with E-state index in [2.05, 4.69) is 12.2 Å². The molecule has 1 saturated heterocycles. The fraction of sp³-hybridized carbons (Fsp3) is 0.538. The van der Waals surface area contributed by atoms with E-state index in [-0.39, 0.29) is 5.82 Å². The second kappa shape index (κ2) is 4.75. The van der Waals surface area contributed by atoms with Gasteiger partial charge in [-0.15, -0.1) is 0 Å². The molecule has 2 unspecified atom stereocenters. The number of halogens is 1. The van der Waals surface area contributed by atoms with Crippen LogP contribution in [0.2, 0.25) is 0 Å². The summed E-state index contributed by atoms with van der Waals surface area (Å²) in [5.41, 5.74) is 1.28. The van der Waals surface area contributed by atoms with Crippen molar-refractivity contribution in [1.82, 2.24) is 5.32 Å². The third-order valence-corrected chi connectivity index (χ3v) is 3.30. The van der Waals surface area contributed by atoms with E-state index in [0.717, 1.165) is 19.0 Å². The van der Waals surface area contributed by atoms with Crippen LogP contribution in [-0.4, -0.2) is 13.1 Å². The highest BCUT2D eigenvalue weighted by Crippen LogP contribution is 2.31. The van der Waals surface area contributed by atoms with Crippen LogP contribution in [0.1, 0.15) is 31.2 Å². The quantitative estimate of drug-likeness (QED) is 0.803. The molecular weight excluding hydrogens is 189 g/mol. The molecule has 0 amide bonds. The van der Waals surface area contributed by atoms with Gasteiger partial charge < -0.3 is 5.32 Å².